The highest BCUT2D eigenvalue weighted by atomic mass is 14.7. The average Bonchev–Trinajstić information content (AvgIpc) is 2.95. The Morgan fingerprint density at radius 1 is 1.14 bits per heavy atom. The zero-order valence-electron chi connectivity index (χ0n) is 13.2. The van der Waals surface area contributed by atoms with Crippen molar-refractivity contribution in [2.24, 2.45) is 17.1 Å². The summed E-state index contributed by atoms with van der Waals surface area (Å²) in [6.45, 7) is 4.63. The third-order valence-electron chi connectivity index (χ3n) is 5.11. The van der Waals surface area contributed by atoms with Crippen LogP contribution < -0.4 is 5.73 Å². The van der Waals surface area contributed by atoms with Crippen molar-refractivity contribution in [3.05, 3.63) is 42.2 Å². The maximum Gasteiger partial charge on any atom is 0.0373 e. The average molecular weight is 282 g/mol. The quantitative estimate of drug-likeness (QED) is 0.871. The van der Waals surface area contributed by atoms with Crippen LogP contribution in [0, 0.1) is 11.3 Å². The fourth-order valence-electron chi connectivity index (χ4n) is 4.25. The highest BCUT2D eigenvalue weighted by Gasteiger charge is 2.41. The van der Waals surface area contributed by atoms with Gasteiger partial charge in [0.15, 0.2) is 0 Å². The van der Waals surface area contributed by atoms with E-state index >= 15 is 0 Å². The number of fused-ring (bicyclic) bond motifs is 1. The van der Waals surface area contributed by atoms with Crippen LogP contribution in [0.25, 0.3) is 10.8 Å². The van der Waals surface area contributed by atoms with Gasteiger partial charge in [-0.05, 0) is 41.5 Å². The molecule has 21 heavy (non-hydrogen) atoms. The normalized spacial score (nSPS) is 19.2. The summed E-state index contributed by atoms with van der Waals surface area (Å²) in [4.78, 5) is 4.44. The van der Waals surface area contributed by atoms with E-state index in [-0.39, 0.29) is 11.5 Å². The van der Waals surface area contributed by atoms with Gasteiger partial charge in [0, 0.05) is 23.8 Å². The number of nitrogens with two attached hydrogens (primary N) is 1. The Kier molecular flexibility index (Phi) is 3.99. The second-order valence-electron chi connectivity index (χ2n) is 7.09. The smallest absolute Gasteiger partial charge is 0.0373 e. The molecule has 0 amide bonds. The largest absolute Gasteiger partial charge is 0.323 e. The number of hydrogen-bond acceptors (Lipinski definition) is 2. The van der Waals surface area contributed by atoms with E-state index in [1.807, 2.05) is 12.4 Å². The van der Waals surface area contributed by atoms with E-state index in [2.05, 4.69) is 43.1 Å². The Bertz CT molecular complexity index is 606. The van der Waals surface area contributed by atoms with E-state index in [1.165, 1.54) is 48.4 Å². The van der Waals surface area contributed by atoms with Gasteiger partial charge in [-0.1, -0.05) is 51.0 Å². The molecule has 3 rings (SSSR count). The topological polar surface area (TPSA) is 38.9 Å². The predicted octanol–water partition coefficient (Wildman–Crippen LogP) is 4.84. The van der Waals surface area contributed by atoms with Crippen LogP contribution in [0.15, 0.2) is 36.7 Å². The molecule has 2 heteroatoms. The molecular formula is C19H26N2. The molecule has 1 aromatic carbocycles. The summed E-state index contributed by atoms with van der Waals surface area (Å²) >= 11 is 0. The zero-order valence-corrected chi connectivity index (χ0v) is 13.2. The second kappa shape index (κ2) is 5.76. The van der Waals surface area contributed by atoms with Gasteiger partial charge >= 0.3 is 0 Å². The second-order valence-corrected chi connectivity index (χ2v) is 7.09. The van der Waals surface area contributed by atoms with E-state index in [4.69, 9.17) is 5.73 Å². The summed E-state index contributed by atoms with van der Waals surface area (Å²) in [5.41, 5.74) is 8.31. The first-order valence-corrected chi connectivity index (χ1v) is 8.21. The lowest BCUT2D eigenvalue weighted by atomic mass is 9.70. The molecule has 1 heterocycles. The van der Waals surface area contributed by atoms with Gasteiger partial charge in [-0.3, -0.25) is 4.98 Å². The first kappa shape index (κ1) is 14.5. The lowest BCUT2D eigenvalue weighted by molar-refractivity contribution is 0.184. The van der Waals surface area contributed by atoms with Gasteiger partial charge in [-0.25, -0.2) is 0 Å². The Morgan fingerprint density at radius 2 is 1.86 bits per heavy atom. The lowest BCUT2D eigenvalue weighted by Gasteiger charge is -2.37. The molecule has 0 saturated heterocycles. The fraction of sp³-hybridized carbons (Fsp3) is 0.526. The fourth-order valence-corrected chi connectivity index (χ4v) is 4.25. The van der Waals surface area contributed by atoms with E-state index in [1.54, 1.807) is 0 Å². The molecule has 1 aliphatic rings. The molecule has 1 aromatic heterocycles. The third-order valence-corrected chi connectivity index (χ3v) is 5.11. The molecular weight excluding hydrogens is 256 g/mol. The molecule has 1 aliphatic carbocycles. The van der Waals surface area contributed by atoms with Gasteiger partial charge < -0.3 is 5.73 Å². The number of hydrogen-bond donors (Lipinski definition) is 1. The standard InChI is InChI=1S/C19H26N2/c1-14(2)11-19(9-5-6-10-19)18(20)17-13-21-12-15-7-3-4-8-16(15)17/h3-4,7-8,12-14,18H,5-6,9-11,20H2,1-2H3. The molecule has 0 radical (unpaired) electrons. The van der Waals surface area contributed by atoms with Gasteiger partial charge in [-0.15, -0.1) is 0 Å². The van der Waals surface area contributed by atoms with E-state index in [0.29, 0.717) is 5.92 Å². The number of benzene rings is 1. The first-order valence-electron chi connectivity index (χ1n) is 8.21. The van der Waals surface area contributed by atoms with Crippen LogP contribution in [0.5, 0.6) is 0 Å². The van der Waals surface area contributed by atoms with Crippen molar-refractivity contribution in [1.29, 1.82) is 0 Å². The van der Waals surface area contributed by atoms with E-state index in [0.717, 1.165) is 0 Å². The number of nitrogens with zero attached hydrogens (tertiary/aromatic N) is 1. The van der Waals surface area contributed by atoms with Crippen LogP contribution in [0.3, 0.4) is 0 Å². The van der Waals surface area contributed by atoms with Gasteiger partial charge in [-0.2, -0.15) is 0 Å². The Morgan fingerprint density at radius 3 is 2.57 bits per heavy atom. The van der Waals surface area contributed by atoms with Gasteiger partial charge in [0.05, 0.1) is 0 Å². The molecule has 0 bridgehead atoms. The molecule has 1 fully saturated rings. The summed E-state index contributed by atoms with van der Waals surface area (Å²) in [6.07, 6.45) is 10.3. The van der Waals surface area contributed by atoms with Crippen LogP contribution in [0.2, 0.25) is 0 Å². The Balaban J connectivity index is 2.04. The maximum absolute atomic E-state index is 6.81. The Labute approximate surface area is 127 Å². The van der Waals surface area contributed by atoms with Crippen LogP contribution in [0.4, 0.5) is 0 Å². The van der Waals surface area contributed by atoms with Gasteiger partial charge in [0.25, 0.3) is 0 Å². The van der Waals surface area contributed by atoms with Crippen molar-refractivity contribution < 1.29 is 0 Å². The Hall–Kier alpha value is -1.41. The molecule has 2 N–H and O–H groups in total. The lowest BCUT2D eigenvalue weighted by Crippen LogP contribution is -2.33. The monoisotopic (exact) mass is 282 g/mol. The minimum atomic E-state index is 0.0981. The maximum atomic E-state index is 6.81. The molecule has 1 unspecified atom stereocenters. The molecule has 0 spiro atoms. The van der Waals surface area contributed by atoms with Crippen molar-refractivity contribution in [3.8, 4) is 0 Å². The van der Waals surface area contributed by atoms with Crippen molar-refractivity contribution in [2.45, 2.75) is 52.0 Å². The molecule has 2 aromatic rings. The highest BCUT2D eigenvalue weighted by Crippen LogP contribution is 2.51. The first-order chi connectivity index (χ1) is 10.1. The van der Waals surface area contributed by atoms with Crippen molar-refractivity contribution >= 4 is 10.8 Å². The van der Waals surface area contributed by atoms with E-state index < -0.39 is 0 Å². The zero-order chi connectivity index (χ0) is 14.9. The van der Waals surface area contributed by atoms with Crippen LogP contribution in [-0.4, -0.2) is 4.98 Å². The summed E-state index contributed by atoms with van der Waals surface area (Å²) in [5.74, 6) is 0.692. The minimum Gasteiger partial charge on any atom is -0.323 e. The highest BCUT2D eigenvalue weighted by molar-refractivity contribution is 5.85. The number of rotatable bonds is 4. The SMILES string of the molecule is CC(C)CC1(C(N)c2cncc3ccccc23)CCCC1. The molecule has 0 aliphatic heterocycles. The van der Waals surface area contributed by atoms with Crippen molar-refractivity contribution in [2.75, 3.05) is 0 Å². The summed E-state index contributed by atoms with van der Waals surface area (Å²) < 4.78 is 0. The van der Waals surface area contributed by atoms with Gasteiger partial charge in [0.1, 0.15) is 0 Å². The van der Waals surface area contributed by atoms with Crippen LogP contribution in [-0.2, 0) is 0 Å². The number of pyridine rings is 1. The van der Waals surface area contributed by atoms with Crippen LogP contribution in [0.1, 0.15) is 57.6 Å². The van der Waals surface area contributed by atoms with Crippen molar-refractivity contribution in [1.82, 2.24) is 4.98 Å². The summed E-state index contributed by atoms with van der Waals surface area (Å²) in [6, 6.07) is 8.58. The predicted molar refractivity (Wildman–Crippen MR) is 89.0 cm³/mol. The summed E-state index contributed by atoms with van der Waals surface area (Å²) in [5, 5.41) is 2.47. The molecule has 1 saturated carbocycles. The van der Waals surface area contributed by atoms with Gasteiger partial charge in [0.2, 0.25) is 0 Å². The summed E-state index contributed by atoms with van der Waals surface area (Å²) in [7, 11) is 0. The third kappa shape index (κ3) is 2.69. The molecule has 1 atom stereocenters. The van der Waals surface area contributed by atoms with E-state index in [9.17, 15) is 0 Å². The van der Waals surface area contributed by atoms with Crippen LogP contribution >= 0.6 is 0 Å². The molecule has 112 valence electrons. The van der Waals surface area contributed by atoms with Crippen molar-refractivity contribution in [3.63, 3.8) is 0 Å². The number of aromatic nitrogens is 1. The molecule has 2 nitrogen and oxygen atoms in total. The minimum absolute atomic E-state index is 0.0981.